The van der Waals surface area contributed by atoms with Crippen molar-refractivity contribution >= 4 is 40.6 Å². The van der Waals surface area contributed by atoms with Gasteiger partial charge >= 0.3 is 5.97 Å². The van der Waals surface area contributed by atoms with Crippen LogP contribution in [0.15, 0.2) is 23.1 Å². The number of carbonyl (C=O) groups is 3. The van der Waals surface area contributed by atoms with Gasteiger partial charge in [0, 0.05) is 11.6 Å². The van der Waals surface area contributed by atoms with E-state index in [2.05, 4.69) is 0 Å². The van der Waals surface area contributed by atoms with Crippen LogP contribution < -0.4 is 0 Å². The molecule has 8 nitrogen and oxygen atoms in total. The van der Waals surface area contributed by atoms with Gasteiger partial charge in [0.15, 0.2) is 0 Å². The SMILES string of the molecule is Cc1ccc(/C=C2\SC(=O)N(CC(=O)OC(C)C)C2=O)cc1[N+](=O)[O-]. The van der Waals surface area contributed by atoms with Crippen LogP contribution in [0.2, 0.25) is 0 Å². The summed E-state index contributed by atoms with van der Waals surface area (Å²) in [6.07, 6.45) is 1.04. The van der Waals surface area contributed by atoms with E-state index in [1.165, 1.54) is 12.1 Å². The van der Waals surface area contributed by atoms with E-state index in [0.717, 1.165) is 4.90 Å². The summed E-state index contributed by atoms with van der Waals surface area (Å²) in [5.74, 6) is -1.30. The third-order valence-corrected chi connectivity index (χ3v) is 4.16. The molecular formula is C16H16N2O6S. The maximum Gasteiger partial charge on any atom is 0.326 e. The molecule has 1 aliphatic rings. The fourth-order valence-corrected chi connectivity index (χ4v) is 2.97. The number of nitrogens with zero attached hydrogens (tertiary/aromatic N) is 2. The fraction of sp³-hybridized carbons (Fsp3) is 0.312. The molecule has 1 aliphatic heterocycles. The van der Waals surface area contributed by atoms with Crippen LogP contribution >= 0.6 is 11.8 Å². The molecular weight excluding hydrogens is 348 g/mol. The third-order valence-electron chi connectivity index (χ3n) is 3.26. The van der Waals surface area contributed by atoms with Gasteiger partial charge < -0.3 is 4.74 Å². The van der Waals surface area contributed by atoms with Crippen LogP contribution in [0.3, 0.4) is 0 Å². The number of imide groups is 1. The molecule has 1 aromatic rings. The molecule has 2 rings (SSSR count). The van der Waals surface area contributed by atoms with Crippen molar-refractivity contribution in [1.82, 2.24) is 4.90 Å². The highest BCUT2D eigenvalue weighted by Gasteiger charge is 2.36. The molecule has 1 fully saturated rings. The molecule has 2 amide bonds. The maximum absolute atomic E-state index is 12.3. The first kappa shape index (κ1) is 18.7. The van der Waals surface area contributed by atoms with E-state index in [4.69, 9.17) is 4.74 Å². The second kappa shape index (κ2) is 7.47. The Morgan fingerprint density at radius 2 is 2.08 bits per heavy atom. The molecule has 0 N–H and O–H groups in total. The molecule has 0 radical (unpaired) electrons. The molecule has 0 aliphatic carbocycles. The van der Waals surface area contributed by atoms with Crippen molar-refractivity contribution in [2.45, 2.75) is 26.9 Å². The van der Waals surface area contributed by atoms with Crippen molar-refractivity contribution in [2.75, 3.05) is 6.54 Å². The van der Waals surface area contributed by atoms with Crippen molar-refractivity contribution in [3.63, 3.8) is 0 Å². The zero-order chi connectivity index (χ0) is 18.7. The molecule has 1 aromatic carbocycles. The molecule has 0 saturated carbocycles. The summed E-state index contributed by atoms with van der Waals surface area (Å²) in [6.45, 7) is 4.47. The van der Waals surface area contributed by atoms with Crippen molar-refractivity contribution in [1.29, 1.82) is 0 Å². The Morgan fingerprint density at radius 1 is 1.40 bits per heavy atom. The molecule has 0 atom stereocenters. The first-order valence-corrected chi connectivity index (χ1v) is 8.20. The van der Waals surface area contributed by atoms with E-state index in [1.807, 2.05) is 0 Å². The van der Waals surface area contributed by atoms with Gasteiger partial charge in [0.2, 0.25) is 0 Å². The highest BCUT2D eigenvalue weighted by Crippen LogP contribution is 2.33. The maximum atomic E-state index is 12.3. The first-order valence-electron chi connectivity index (χ1n) is 7.39. The van der Waals surface area contributed by atoms with E-state index in [1.54, 1.807) is 32.9 Å². The molecule has 9 heteroatoms. The van der Waals surface area contributed by atoms with Crippen molar-refractivity contribution < 1.29 is 24.0 Å². The average molecular weight is 364 g/mol. The Hall–Kier alpha value is -2.68. The fourth-order valence-electron chi connectivity index (χ4n) is 2.13. The minimum Gasteiger partial charge on any atom is -0.462 e. The lowest BCUT2D eigenvalue weighted by Gasteiger charge is -2.13. The topological polar surface area (TPSA) is 107 Å². The van der Waals surface area contributed by atoms with Gasteiger partial charge in [0.25, 0.3) is 16.8 Å². The predicted molar refractivity (Wildman–Crippen MR) is 91.7 cm³/mol. The van der Waals surface area contributed by atoms with Crippen molar-refractivity contribution in [3.8, 4) is 0 Å². The Kier molecular flexibility index (Phi) is 5.58. The van der Waals surface area contributed by atoms with E-state index in [-0.39, 0.29) is 16.7 Å². The van der Waals surface area contributed by atoms with Gasteiger partial charge in [0.05, 0.1) is 15.9 Å². The van der Waals surface area contributed by atoms with Gasteiger partial charge in [-0.25, -0.2) is 0 Å². The Morgan fingerprint density at radius 3 is 2.68 bits per heavy atom. The third kappa shape index (κ3) is 4.44. The van der Waals surface area contributed by atoms with Crippen LogP contribution in [-0.2, 0) is 14.3 Å². The standard InChI is InChI=1S/C16H16N2O6S/c1-9(2)24-14(19)8-17-15(20)13(25-16(17)21)7-11-5-4-10(3)12(6-11)18(22)23/h4-7,9H,8H2,1-3H3/b13-7-. The smallest absolute Gasteiger partial charge is 0.326 e. The average Bonchev–Trinajstić information content (AvgIpc) is 2.75. The summed E-state index contributed by atoms with van der Waals surface area (Å²) in [6, 6.07) is 4.51. The number of nitro groups is 1. The number of hydrogen-bond acceptors (Lipinski definition) is 7. The predicted octanol–water partition coefficient (Wildman–Crippen LogP) is 2.89. The second-order valence-corrected chi connectivity index (χ2v) is 6.60. The van der Waals surface area contributed by atoms with Crippen LogP contribution in [0.25, 0.3) is 6.08 Å². The number of hydrogen-bond donors (Lipinski definition) is 0. The number of nitro benzene ring substituents is 1. The molecule has 0 aromatic heterocycles. The van der Waals surface area contributed by atoms with Crippen LogP contribution in [0, 0.1) is 17.0 Å². The Labute approximate surface area is 148 Å². The van der Waals surface area contributed by atoms with Crippen LogP contribution in [-0.4, -0.2) is 39.6 Å². The number of aryl methyl sites for hydroxylation is 1. The summed E-state index contributed by atoms with van der Waals surface area (Å²) in [7, 11) is 0. The van der Waals surface area contributed by atoms with Gasteiger partial charge in [0.1, 0.15) is 6.54 Å². The number of rotatable bonds is 5. The van der Waals surface area contributed by atoms with Gasteiger partial charge in [-0.1, -0.05) is 12.1 Å². The van der Waals surface area contributed by atoms with Gasteiger partial charge in [-0.2, -0.15) is 0 Å². The molecule has 0 unspecified atom stereocenters. The quantitative estimate of drug-likeness (QED) is 0.342. The lowest BCUT2D eigenvalue weighted by molar-refractivity contribution is -0.385. The minimum absolute atomic E-state index is 0.0755. The zero-order valence-corrected chi connectivity index (χ0v) is 14.7. The van der Waals surface area contributed by atoms with Crippen LogP contribution in [0.5, 0.6) is 0 Å². The monoisotopic (exact) mass is 364 g/mol. The molecule has 25 heavy (non-hydrogen) atoms. The number of carbonyl (C=O) groups excluding carboxylic acids is 3. The summed E-state index contributed by atoms with van der Waals surface area (Å²) >= 11 is 0.677. The lowest BCUT2D eigenvalue weighted by atomic mass is 10.1. The largest absolute Gasteiger partial charge is 0.462 e. The van der Waals surface area contributed by atoms with Gasteiger partial charge in [-0.3, -0.25) is 29.4 Å². The first-order chi connectivity index (χ1) is 11.7. The number of benzene rings is 1. The van der Waals surface area contributed by atoms with Gasteiger partial charge in [-0.05, 0) is 44.2 Å². The Balaban J connectivity index is 2.21. The highest BCUT2D eigenvalue weighted by molar-refractivity contribution is 8.18. The summed E-state index contributed by atoms with van der Waals surface area (Å²) < 4.78 is 4.93. The van der Waals surface area contributed by atoms with E-state index < -0.39 is 28.6 Å². The summed E-state index contributed by atoms with van der Waals surface area (Å²) in [5, 5.41) is 10.4. The highest BCUT2D eigenvalue weighted by atomic mass is 32.2. The van der Waals surface area contributed by atoms with Crippen molar-refractivity contribution in [2.24, 2.45) is 0 Å². The molecule has 0 bridgehead atoms. The van der Waals surface area contributed by atoms with Gasteiger partial charge in [-0.15, -0.1) is 0 Å². The zero-order valence-electron chi connectivity index (χ0n) is 13.8. The number of ether oxygens (including phenoxy) is 1. The molecule has 1 heterocycles. The molecule has 132 valence electrons. The normalized spacial score (nSPS) is 16.0. The lowest BCUT2D eigenvalue weighted by Crippen LogP contribution is -2.35. The number of thioether (sulfide) groups is 1. The summed E-state index contributed by atoms with van der Waals surface area (Å²) in [5.41, 5.74) is 0.840. The van der Waals surface area contributed by atoms with E-state index in [0.29, 0.717) is 22.9 Å². The van der Waals surface area contributed by atoms with E-state index >= 15 is 0 Å². The Bertz CT molecular complexity index is 787. The van der Waals surface area contributed by atoms with Crippen LogP contribution in [0.1, 0.15) is 25.0 Å². The second-order valence-electron chi connectivity index (χ2n) is 5.61. The number of amides is 2. The van der Waals surface area contributed by atoms with Crippen LogP contribution in [0.4, 0.5) is 10.5 Å². The summed E-state index contributed by atoms with van der Waals surface area (Å²) in [4.78, 5) is 47.3. The molecule has 0 spiro atoms. The minimum atomic E-state index is -0.676. The number of esters is 1. The molecule has 1 saturated heterocycles. The van der Waals surface area contributed by atoms with E-state index in [9.17, 15) is 24.5 Å². The van der Waals surface area contributed by atoms with Crippen molar-refractivity contribution in [3.05, 3.63) is 44.3 Å².